The van der Waals surface area contributed by atoms with Gasteiger partial charge in [0.1, 0.15) is 6.04 Å². The van der Waals surface area contributed by atoms with Crippen molar-refractivity contribution in [3.8, 4) is 0 Å². The smallest absolute Gasteiger partial charge is 0.312 e. The van der Waals surface area contributed by atoms with Crippen molar-refractivity contribution in [2.45, 2.75) is 33.2 Å². The van der Waals surface area contributed by atoms with Gasteiger partial charge in [-0.25, -0.2) is 4.79 Å². The number of rotatable bonds is 6. The fourth-order valence-corrected chi connectivity index (χ4v) is 2.02. The molecular weight excluding hydrogens is 288 g/mol. The van der Waals surface area contributed by atoms with Gasteiger partial charge >= 0.3 is 6.03 Å². The van der Waals surface area contributed by atoms with E-state index >= 15 is 0 Å². The normalized spacial score (nSPS) is 13.0. The van der Waals surface area contributed by atoms with Crippen LogP contribution < -0.4 is 16.4 Å². The molecule has 8 nitrogen and oxygen atoms in total. The molecule has 0 saturated heterocycles. The molecule has 0 unspecified atom stereocenters. The van der Waals surface area contributed by atoms with Gasteiger partial charge in [0, 0.05) is 6.07 Å². The minimum absolute atomic E-state index is 0.0826. The highest BCUT2D eigenvalue weighted by atomic mass is 16.6. The summed E-state index contributed by atoms with van der Waals surface area (Å²) in [5.41, 5.74) is 5.69. The summed E-state index contributed by atoms with van der Waals surface area (Å²) in [5, 5.41) is 15.9. The number of carbonyl (C=O) groups is 2. The number of benzene rings is 1. The molecule has 22 heavy (non-hydrogen) atoms. The van der Waals surface area contributed by atoms with Gasteiger partial charge in [-0.3, -0.25) is 14.9 Å². The monoisotopic (exact) mass is 308 g/mol. The van der Waals surface area contributed by atoms with Crippen molar-refractivity contribution in [1.29, 1.82) is 0 Å². The predicted molar refractivity (Wildman–Crippen MR) is 82.4 cm³/mol. The average Bonchev–Trinajstić information content (AvgIpc) is 2.45. The molecule has 8 heteroatoms. The van der Waals surface area contributed by atoms with Crippen LogP contribution in [0.25, 0.3) is 0 Å². The highest BCUT2D eigenvalue weighted by Crippen LogP contribution is 2.25. The first-order valence-corrected chi connectivity index (χ1v) is 6.88. The number of nitrogens with one attached hydrogen (secondary N) is 2. The van der Waals surface area contributed by atoms with Crippen LogP contribution in [0, 0.1) is 23.0 Å². The predicted octanol–water partition coefficient (Wildman–Crippen LogP) is 1.92. The van der Waals surface area contributed by atoms with E-state index in [-0.39, 0.29) is 11.6 Å². The lowest BCUT2D eigenvalue weighted by molar-refractivity contribution is -0.385. The number of hydrogen-bond acceptors (Lipinski definition) is 4. The Morgan fingerprint density at radius 2 is 2.05 bits per heavy atom. The van der Waals surface area contributed by atoms with E-state index in [9.17, 15) is 19.7 Å². The molecule has 2 atom stereocenters. The first-order valence-electron chi connectivity index (χ1n) is 6.88. The minimum atomic E-state index is -0.804. The van der Waals surface area contributed by atoms with E-state index < -0.39 is 22.9 Å². The number of nitro benzene ring substituents is 1. The summed E-state index contributed by atoms with van der Waals surface area (Å²) in [4.78, 5) is 33.8. The molecule has 0 aliphatic heterocycles. The van der Waals surface area contributed by atoms with Crippen LogP contribution in [-0.2, 0) is 4.79 Å². The summed E-state index contributed by atoms with van der Waals surface area (Å²) in [5.74, 6) is -0.594. The first kappa shape index (κ1) is 17.4. The van der Waals surface area contributed by atoms with Crippen molar-refractivity contribution < 1.29 is 14.5 Å². The molecule has 0 fully saturated rings. The Kier molecular flexibility index (Phi) is 5.85. The fourth-order valence-electron chi connectivity index (χ4n) is 2.02. The third-order valence-corrected chi connectivity index (χ3v) is 3.55. The van der Waals surface area contributed by atoms with Gasteiger partial charge in [0.2, 0.25) is 5.91 Å². The number of nitrogens with two attached hydrogens (primary N) is 1. The van der Waals surface area contributed by atoms with Crippen molar-refractivity contribution in [2.24, 2.45) is 11.7 Å². The molecular formula is C14H20N4O4. The molecule has 0 spiro atoms. The maximum absolute atomic E-state index is 12.3. The number of nitro groups is 1. The van der Waals surface area contributed by atoms with Crippen LogP contribution >= 0.6 is 0 Å². The van der Waals surface area contributed by atoms with Gasteiger partial charge in [0.25, 0.3) is 5.69 Å². The SMILES string of the molecule is CC[C@H](C)[C@H](NC(N)=O)C(=O)Nc1cccc([N+](=O)[O-])c1C. The van der Waals surface area contributed by atoms with E-state index in [1.54, 1.807) is 19.9 Å². The highest BCUT2D eigenvalue weighted by molar-refractivity contribution is 5.98. The van der Waals surface area contributed by atoms with E-state index in [0.29, 0.717) is 17.7 Å². The standard InChI is InChI=1S/C14H20N4O4/c1-4-8(2)12(17-14(15)20)13(19)16-10-6-5-7-11(9(10)3)18(21)22/h5-8,12H,4H2,1-3H3,(H,16,19)(H3,15,17,20)/t8-,12-/m0/s1. The van der Waals surface area contributed by atoms with Crippen LogP contribution in [0.1, 0.15) is 25.8 Å². The van der Waals surface area contributed by atoms with Crippen molar-refractivity contribution in [3.63, 3.8) is 0 Å². The maximum atomic E-state index is 12.3. The second kappa shape index (κ2) is 7.39. The fraction of sp³-hybridized carbons (Fsp3) is 0.429. The molecule has 4 N–H and O–H groups in total. The summed E-state index contributed by atoms with van der Waals surface area (Å²) >= 11 is 0. The van der Waals surface area contributed by atoms with Crippen LogP contribution in [0.5, 0.6) is 0 Å². The Hall–Kier alpha value is -2.64. The van der Waals surface area contributed by atoms with Crippen LogP contribution in [0.2, 0.25) is 0 Å². The summed E-state index contributed by atoms with van der Waals surface area (Å²) in [6, 6.07) is 2.81. The van der Waals surface area contributed by atoms with Gasteiger partial charge < -0.3 is 16.4 Å². The number of primary amides is 1. The zero-order valence-electron chi connectivity index (χ0n) is 12.8. The van der Waals surface area contributed by atoms with E-state index in [1.165, 1.54) is 12.1 Å². The maximum Gasteiger partial charge on any atom is 0.312 e. The summed E-state index contributed by atoms with van der Waals surface area (Å²) in [6.45, 7) is 5.24. The zero-order chi connectivity index (χ0) is 16.9. The van der Waals surface area contributed by atoms with E-state index in [2.05, 4.69) is 10.6 Å². The molecule has 0 bridgehead atoms. The molecule has 120 valence electrons. The molecule has 1 aromatic carbocycles. The number of amides is 3. The third-order valence-electron chi connectivity index (χ3n) is 3.55. The van der Waals surface area contributed by atoms with Gasteiger partial charge in [0.15, 0.2) is 0 Å². The quantitative estimate of drug-likeness (QED) is 0.548. The molecule has 1 rings (SSSR count). The molecule has 0 aromatic heterocycles. The molecule has 0 radical (unpaired) electrons. The van der Waals surface area contributed by atoms with Gasteiger partial charge in [-0.2, -0.15) is 0 Å². The second-order valence-electron chi connectivity index (χ2n) is 5.07. The lowest BCUT2D eigenvalue weighted by atomic mass is 9.98. The average molecular weight is 308 g/mol. The summed E-state index contributed by atoms with van der Waals surface area (Å²) < 4.78 is 0. The number of urea groups is 1. The van der Waals surface area contributed by atoms with Crippen LogP contribution in [0.4, 0.5) is 16.2 Å². The Bertz CT molecular complexity index is 588. The summed E-state index contributed by atoms with van der Waals surface area (Å²) in [7, 11) is 0. The molecule has 1 aromatic rings. The van der Waals surface area contributed by atoms with Crippen molar-refractivity contribution in [2.75, 3.05) is 5.32 Å². The Balaban J connectivity index is 3.01. The number of anilines is 1. The van der Waals surface area contributed by atoms with Gasteiger partial charge in [0.05, 0.1) is 16.2 Å². The number of hydrogen-bond donors (Lipinski definition) is 3. The topological polar surface area (TPSA) is 127 Å². The van der Waals surface area contributed by atoms with Crippen LogP contribution in [0.3, 0.4) is 0 Å². The van der Waals surface area contributed by atoms with Crippen LogP contribution in [-0.4, -0.2) is 22.9 Å². The molecule has 0 saturated carbocycles. The van der Waals surface area contributed by atoms with Crippen molar-refractivity contribution >= 4 is 23.3 Å². The Morgan fingerprint density at radius 1 is 1.41 bits per heavy atom. The lowest BCUT2D eigenvalue weighted by Crippen LogP contribution is -2.49. The second-order valence-corrected chi connectivity index (χ2v) is 5.07. The third kappa shape index (κ3) is 4.18. The molecule has 0 heterocycles. The number of nitrogens with zero attached hydrogens (tertiary/aromatic N) is 1. The molecule has 0 aliphatic carbocycles. The van der Waals surface area contributed by atoms with E-state index in [1.807, 2.05) is 6.92 Å². The largest absolute Gasteiger partial charge is 0.352 e. The summed E-state index contributed by atoms with van der Waals surface area (Å²) in [6.07, 6.45) is 0.659. The zero-order valence-corrected chi connectivity index (χ0v) is 12.8. The lowest BCUT2D eigenvalue weighted by Gasteiger charge is -2.23. The number of carbonyl (C=O) groups excluding carboxylic acids is 2. The molecule has 0 aliphatic rings. The van der Waals surface area contributed by atoms with Gasteiger partial charge in [-0.05, 0) is 18.9 Å². The highest BCUT2D eigenvalue weighted by Gasteiger charge is 2.26. The van der Waals surface area contributed by atoms with Gasteiger partial charge in [-0.15, -0.1) is 0 Å². The van der Waals surface area contributed by atoms with E-state index in [4.69, 9.17) is 5.73 Å². The molecule has 3 amide bonds. The minimum Gasteiger partial charge on any atom is -0.352 e. The first-order chi connectivity index (χ1) is 10.3. The van der Waals surface area contributed by atoms with Crippen LogP contribution in [0.15, 0.2) is 18.2 Å². The van der Waals surface area contributed by atoms with Crippen molar-refractivity contribution in [1.82, 2.24) is 5.32 Å². The van der Waals surface area contributed by atoms with Crippen molar-refractivity contribution in [3.05, 3.63) is 33.9 Å². The van der Waals surface area contributed by atoms with E-state index in [0.717, 1.165) is 0 Å². The Labute approximate surface area is 128 Å². The van der Waals surface area contributed by atoms with Gasteiger partial charge in [-0.1, -0.05) is 26.3 Å². The Morgan fingerprint density at radius 3 is 2.55 bits per heavy atom.